The van der Waals surface area contributed by atoms with Crippen molar-refractivity contribution in [2.24, 2.45) is 5.73 Å². The predicted molar refractivity (Wildman–Crippen MR) is 173 cm³/mol. The fourth-order valence-electron chi connectivity index (χ4n) is 4.71. The number of nitrogens with one attached hydrogen (secondary N) is 1. The lowest BCUT2D eigenvalue weighted by Gasteiger charge is -2.15. The second kappa shape index (κ2) is 14.7. The van der Waals surface area contributed by atoms with E-state index in [1.807, 2.05) is 66.7 Å². The lowest BCUT2D eigenvalue weighted by atomic mass is 9.98. The predicted octanol–water partition coefficient (Wildman–Crippen LogP) is 6.74. The van der Waals surface area contributed by atoms with Crippen molar-refractivity contribution in [1.82, 2.24) is 5.32 Å². The van der Waals surface area contributed by atoms with Crippen LogP contribution in [0.5, 0.6) is 17.2 Å². The van der Waals surface area contributed by atoms with E-state index >= 15 is 0 Å². The summed E-state index contributed by atoms with van der Waals surface area (Å²) in [7, 11) is 0. The van der Waals surface area contributed by atoms with Gasteiger partial charge in [-0.25, -0.2) is 0 Å². The minimum atomic E-state index is -0.292. The molecule has 5 rings (SSSR count). The number of halogens is 2. The van der Waals surface area contributed by atoms with Gasteiger partial charge in [0.15, 0.2) is 5.78 Å². The average Bonchev–Trinajstić information content (AvgIpc) is 3.00. The molecule has 43 heavy (non-hydrogen) atoms. The molecule has 0 aliphatic heterocycles. The third-order valence-corrected chi connectivity index (χ3v) is 7.13. The zero-order chi connectivity index (χ0) is 29.5. The molecule has 5 aromatic carbocycles. The van der Waals surface area contributed by atoms with E-state index in [9.17, 15) is 14.7 Å². The molecule has 0 unspecified atom stereocenters. The Kier molecular flexibility index (Phi) is 10.8. The van der Waals surface area contributed by atoms with Gasteiger partial charge in [-0.1, -0.05) is 66.2 Å². The van der Waals surface area contributed by atoms with Crippen molar-refractivity contribution in [3.63, 3.8) is 0 Å². The fraction of sp³-hybridized carbons (Fsp3) is 0.176. The van der Waals surface area contributed by atoms with Gasteiger partial charge < -0.3 is 25.6 Å². The number of carbonyl (C=O) groups is 2. The largest absolute Gasteiger partial charge is 0.508 e. The van der Waals surface area contributed by atoms with Crippen molar-refractivity contribution in [2.75, 3.05) is 26.3 Å². The van der Waals surface area contributed by atoms with Crippen LogP contribution in [0.2, 0.25) is 5.02 Å². The number of phenols is 1. The maximum atomic E-state index is 13.4. The van der Waals surface area contributed by atoms with Gasteiger partial charge in [-0.2, -0.15) is 0 Å². The number of rotatable bonds is 12. The van der Waals surface area contributed by atoms with Gasteiger partial charge in [0, 0.05) is 17.0 Å². The summed E-state index contributed by atoms with van der Waals surface area (Å²) in [4.78, 5) is 26.6. The van der Waals surface area contributed by atoms with Gasteiger partial charge in [0.05, 0.1) is 24.3 Å². The first-order valence-corrected chi connectivity index (χ1v) is 14.1. The summed E-state index contributed by atoms with van der Waals surface area (Å²) >= 11 is 5.95. The molecule has 7 nitrogen and oxygen atoms in total. The number of aromatic hydroxyl groups is 1. The molecule has 0 aliphatic carbocycles. The average molecular weight is 620 g/mol. The van der Waals surface area contributed by atoms with Crippen LogP contribution in [0, 0.1) is 0 Å². The monoisotopic (exact) mass is 618 g/mol. The SMILES string of the molecule is Cl.NCCCOc1cc2ccccc2cc1C(=O)NCCOc1cc2ccccc2cc1C(=O)Cc1ccc(Cl)cc1O. The van der Waals surface area contributed by atoms with E-state index < -0.39 is 0 Å². The van der Waals surface area contributed by atoms with Crippen molar-refractivity contribution < 1.29 is 24.2 Å². The first-order chi connectivity index (χ1) is 20.4. The third kappa shape index (κ3) is 7.76. The first kappa shape index (κ1) is 31.6. The van der Waals surface area contributed by atoms with Gasteiger partial charge >= 0.3 is 0 Å². The topological polar surface area (TPSA) is 111 Å². The second-order valence-electron chi connectivity index (χ2n) is 9.86. The van der Waals surface area contributed by atoms with Crippen LogP contribution < -0.4 is 20.5 Å². The first-order valence-electron chi connectivity index (χ1n) is 13.7. The van der Waals surface area contributed by atoms with Crippen molar-refractivity contribution in [3.8, 4) is 17.2 Å². The molecule has 4 N–H and O–H groups in total. The van der Waals surface area contributed by atoms with Crippen LogP contribution in [0.15, 0.2) is 91.0 Å². The van der Waals surface area contributed by atoms with E-state index in [0.717, 1.165) is 21.5 Å². The van der Waals surface area contributed by atoms with Gasteiger partial charge in [0.25, 0.3) is 5.91 Å². The molecule has 0 aliphatic rings. The number of nitrogens with two attached hydrogens (primary N) is 1. The summed E-state index contributed by atoms with van der Waals surface area (Å²) in [5.74, 6) is 0.348. The normalized spacial score (nSPS) is 10.7. The van der Waals surface area contributed by atoms with Gasteiger partial charge in [0.2, 0.25) is 0 Å². The molecule has 0 saturated carbocycles. The second-order valence-corrected chi connectivity index (χ2v) is 10.3. The molecular weight excluding hydrogens is 587 g/mol. The Morgan fingerprint density at radius 1 is 0.767 bits per heavy atom. The Balaban J connectivity index is 0.00000423. The summed E-state index contributed by atoms with van der Waals surface area (Å²) in [5.41, 5.74) is 6.89. The maximum Gasteiger partial charge on any atom is 0.255 e. The lowest BCUT2D eigenvalue weighted by Crippen LogP contribution is -2.28. The van der Waals surface area contributed by atoms with Gasteiger partial charge in [-0.15, -0.1) is 12.4 Å². The number of hydrogen-bond donors (Lipinski definition) is 3. The summed E-state index contributed by atoms with van der Waals surface area (Å²) < 4.78 is 11.9. The smallest absolute Gasteiger partial charge is 0.255 e. The Labute approximate surface area is 261 Å². The van der Waals surface area contributed by atoms with Crippen molar-refractivity contribution >= 4 is 57.2 Å². The molecule has 0 aromatic heterocycles. The number of Topliss-reactive ketones (excluding diaryl/α,β-unsaturated/α-hetero) is 1. The van der Waals surface area contributed by atoms with E-state index in [1.165, 1.54) is 6.07 Å². The van der Waals surface area contributed by atoms with Crippen LogP contribution in [0.1, 0.15) is 32.7 Å². The lowest BCUT2D eigenvalue weighted by molar-refractivity contribution is 0.0938. The van der Waals surface area contributed by atoms with E-state index in [0.29, 0.717) is 52.8 Å². The molecule has 0 spiro atoms. The molecule has 0 fully saturated rings. The van der Waals surface area contributed by atoms with Crippen LogP contribution in [0.4, 0.5) is 0 Å². The van der Waals surface area contributed by atoms with Crippen LogP contribution in [0.3, 0.4) is 0 Å². The Morgan fingerprint density at radius 3 is 1.93 bits per heavy atom. The van der Waals surface area contributed by atoms with Crippen LogP contribution in [-0.2, 0) is 6.42 Å². The third-order valence-electron chi connectivity index (χ3n) is 6.89. The van der Waals surface area contributed by atoms with Gasteiger partial charge in [-0.3, -0.25) is 9.59 Å². The fourth-order valence-corrected chi connectivity index (χ4v) is 4.88. The minimum Gasteiger partial charge on any atom is -0.508 e. The maximum absolute atomic E-state index is 13.4. The number of amides is 1. The molecule has 222 valence electrons. The van der Waals surface area contributed by atoms with Crippen LogP contribution in [-0.4, -0.2) is 43.1 Å². The molecular formula is C34H32Cl2N2O5. The molecule has 0 saturated heterocycles. The highest BCUT2D eigenvalue weighted by molar-refractivity contribution is 6.30. The van der Waals surface area contributed by atoms with Gasteiger partial charge in [-0.05, 0) is 70.9 Å². The van der Waals surface area contributed by atoms with Crippen LogP contribution >= 0.6 is 24.0 Å². The quantitative estimate of drug-likeness (QED) is 0.105. The van der Waals surface area contributed by atoms with Crippen molar-refractivity contribution in [2.45, 2.75) is 12.8 Å². The Hall–Kier alpha value is -4.30. The zero-order valence-electron chi connectivity index (χ0n) is 23.3. The highest BCUT2D eigenvalue weighted by atomic mass is 35.5. The number of fused-ring (bicyclic) bond motifs is 2. The standard InChI is InChI=1S/C34H31ClN2O5.ClH/c35-27-11-10-26(30(38)21-27)18-31(39)28-16-22-6-1-3-8-24(22)19-32(28)42-15-13-37-34(40)29-17-23-7-2-4-9-25(23)20-33(29)41-14-5-12-36;/h1-4,6-11,16-17,19-21,38H,5,12-15,18,36H2,(H,37,40);1H. The molecule has 0 heterocycles. The molecule has 0 atom stereocenters. The number of benzene rings is 5. The molecule has 9 heteroatoms. The number of carbonyl (C=O) groups excluding carboxylic acids is 2. The highest BCUT2D eigenvalue weighted by Gasteiger charge is 2.18. The van der Waals surface area contributed by atoms with E-state index in [4.69, 9.17) is 26.8 Å². The number of hydrogen-bond acceptors (Lipinski definition) is 6. The molecule has 1 amide bonds. The minimum absolute atomic E-state index is 0. The van der Waals surface area contributed by atoms with E-state index in [1.54, 1.807) is 18.2 Å². The summed E-state index contributed by atoms with van der Waals surface area (Å²) in [6.07, 6.45) is 0.648. The highest BCUT2D eigenvalue weighted by Crippen LogP contribution is 2.30. The number of ketones is 1. The zero-order valence-corrected chi connectivity index (χ0v) is 24.9. The van der Waals surface area contributed by atoms with Crippen LogP contribution in [0.25, 0.3) is 21.5 Å². The molecule has 0 bridgehead atoms. The molecule has 0 radical (unpaired) electrons. The van der Waals surface area contributed by atoms with E-state index in [2.05, 4.69) is 5.32 Å². The number of phenolic OH excluding ortho intramolecular Hbond substituents is 1. The summed E-state index contributed by atoms with van der Waals surface area (Å²) in [6, 6.07) is 27.4. The molecule has 5 aromatic rings. The summed E-state index contributed by atoms with van der Waals surface area (Å²) in [5, 5.41) is 17.3. The Bertz CT molecular complexity index is 1760. The van der Waals surface area contributed by atoms with Crippen molar-refractivity contribution in [1.29, 1.82) is 0 Å². The van der Waals surface area contributed by atoms with Gasteiger partial charge in [0.1, 0.15) is 23.9 Å². The summed E-state index contributed by atoms with van der Waals surface area (Å²) in [6.45, 7) is 1.23. The number of ether oxygens (including phenoxy) is 2. The Morgan fingerprint density at radius 2 is 1.33 bits per heavy atom. The van der Waals surface area contributed by atoms with Crippen molar-refractivity contribution in [3.05, 3.63) is 113 Å². The van der Waals surface area contributed by atoms with E-state index in [-0.39, 0.29) is 49.4 Å².